The van der Waals surface area contributed by atoms with E-state index >= 15 is 0 Å². The monoisotopic (exact) mass is 183 g/mol. The Bertz CT molecular complexity index is 566. The van der Waals surface area contributed by atoms with Gasteiger partial charge >= 0.3 is 0 Å². The number of rotatable bonds is 0. The third-order valence-corrected chi connectivity index (χ3v) is 2.61. The topological polar surface area (TPSA) is 32.6 Å². The highest BCUT2D eigenvalue weighted by Gasteiger charge is 2.19. The maximum atomic E-state index is 9.73. The fraction of sp³-hybridized carbons (Fsp3) is 0.0833. The number of dihydropyridines is 1. The second kappa shape index (κ2) is 2.66. The predicted octanol–water partition coefficient (Wildman–Crippen LogP) is -0.0394. The zero-order chi connectivity index (χ0) is 9.54. The largest absolute Gasteiger partial charge is 0.368 e. The van der Waals surface area contributed by atoms with E-state index in [0.29, 0.717) is 0 Å². The highest BCUT2D eigenvalue weighted by molar-refractivity contribution is 5.93. The van der Waals surface area contributed by atoms with Crippen molar-refractivity contribution >= 4 is 17.9 Å². The molecule has 2 aliphatic rings. The summed E-state index contributed by atoms with van der Waals surface area (Å²) in [6.07, 6.45) is 4.97. The zero-order valence-corrected chi connectivity index (χ0v) is 7.51. The minimum absolute atomic E-state index is 0.699. The van der Waals surface area contributed by atoms with Gasteiger partial charge in [-0.05, 0) is 28.2 Å². The summed E-state index contributed by atoms with van der Waals surface area (Å²) in [6, 6.07) is 8.05. The van der Waals surface area contributed by atoms with Crippen LogP contribution in [-0.2, 0) is 0 Å². The lowest BCUT2D eigenvalue weighted by Gasteiger charge is -2.12. The van der Waals surface area contributed by atoms with Crippen molar-refractivity contribution in [3.05, 3.63) is 46.4 Å². The Morgan fingerprint density at radius 1 is 1.21 bits per heavy atom. The van der Waals surface area contributed by atoms with E-state index in [9.17, 15) is 5.11 Å². The lowest BCUT2D eigenvalue weighted by atomic mass is 10.1. The van der Waals surface area contributed by atoms with Crippen LogP contribution in [0.5, 0.6) is 0 Å². The molecule has 14 heavy (non-hydrogen) atoms. The van der Waals surface area contributed by atoms with E-state index in [1.807, 2.05) is 30.3 Å². The first-order chi connectivity index (χ1) is 6.86. The molecule has 2 heteroatoms. The minimum atomic E-state index is -0.699. The summed E-state index contributed by atoms with van der Waals surface area (Å²) in [5.74, 6) is 0. The molecule has 0 radical (unpaired) electrons. The molecule has 0 saturated heterocycles. The molecule has 3 rings (SSSR count). The number of allylic oxidation sites excluding steroid dienone is 1. The van der Waals surface area contributed by atoms with Gasteiger partial charge in [-0.3, -0.25) is 4.99 Å². The third kappa shape index (κ3) is 0.916. The Hall–Kier alpha value is -1.67. The maximum absolute atomic E-state index is 9.73. The van der Waals surface area contributed by atoms with Crippen molar-refractivity contribution in [1.29, 1.82) is 0 Å². The highest BCUT2D eigenvalue weighted by atomic mass is 16.3. The quantitative estimate of drug-likeness (QED) is 0.601. The van der Waals surface area contributed by atoms with Gasteiger partial charge in [0, 0.05) is 11.8 Å². The fourth-order valence-electron chi connectivity index (χ4n) is 1.97. The van der Waals surface area contributed by atoms with Crippen LogP contribution in [0.15, 0.2) is 40.9 Å². The Balaban J connectivity index is 2.45. The van der Waals surface area contributed by atoms with Crippen molar-refractivity contribution in [1.82, 2.24) is 0 Å². The Labute approximate surface area is 81.2 Å². The minimum Gasteiger partial charge on any atom is -0.368 e. The highest BCUT2D eigenvalue weighted by Crippen LogP contribution is 2.21. The summed E-state index contributed by atoms with van der Waals surface area (Å²) in [4.78, 5) is 3.97. The molecule has 1 aromatic carbocycles. The first-order valence-electron chi connectivity index (χ1n) is 4.59. The molecule has 0 fully saturated rings. The third-order valence-electron chi connectivity index (χ3n) is 2.61. The van der Waals surface area contributed by atoms with E-state index in [0.717, 1.165) is 16.4 Å². The van der Waals surface area contributed by atoms with Crippen molar-refractivity contribution in [3.63, 3.8) is 0 Å². The smallest absolute Gasteiger partial charge is 0.172 e. The van der Waals surface area contributed by atoms with E-state index in [4.69, 9.17) is 0 Å². The maximum Gasteiger partial charge on any atom is 0.172 e. The van der Waals surface area contributed by atoms with Crippen LogP contribution in [0.4, 0.5) is 0 Å². The van der Waals surface area contributed by atoms with E-state index in [2.05, 4.69) is 11.1 Å². The number of hydrogen-bond donors (Lipinski definition) is 1. The standard InChI is InChI=1S/C12H9NO/c14-12-11-9(5-6-13-12)7-8-3-1-2-4-10(8)11/h1-7,12,14H. The van der Waals surface area contributed by atoms with Crippen LogP contribution in [-0.4, -0.2) is 17.5 Å². The Morgan fingerprint density at radius 3 is 3.00 bits per heavy atom. The van der Waals surface area contributed by atoms with E-state index < -0.39 is 6.23 Å². The lowest BCUT2D eigenvalue weighted by Crippen LogP contribution is -2.25. The van der Waals surface area contributed by atoms with Crippen LogP contribution in [0.1, 0.15) is 0 Å². The molecule has 1 N–H and O–H groups in total. The van der Waals surface area contributed by atoms with E-state index in [1.165, 1.54) is 5.22 Å². The number of benzene rings is 1. The fourth-order valence-corrected chi connectivity index (χ4v) is 1.97. The second-order valence-corrected chi connectivity index (χ2v) is 3.44. The van der Waals surface area contributed by atoms with Crippen LogP contribution < -0.4 is 10.4 Å². The molecule has 0 aromatic heterocycles. The van der Waals surface area contributed by atoms with Gasteiger partial charge in [-0.25, -0.2) is 0 Å². The molecule has 1 heterocycles. The van der Waals surface area contributed by atoms with Crippen molar-refractivity contribution in [2.45, 2.75) is 6.23 Å². The van der Waals surface area contributed by atoms with Gasteiger partial charge in [0.05, 0.1) is 0 Å². The first kappa shape index (κ1) is 7.71. The summed E-state index contributed by atoms with van der Waals surface area (Å²) in [7, 11) is 0. The Morgan fingerprint density at radius 2 is 2.07 bits per heavy atom. The van der Waals surface area contributed by atoms with Gasteiger partial charge in [-0.2, -0.15) is 0 Å². The lowest BCUT2D eigenvalue weighted by molar-refractivity contribution is 0.243. The summed E-state index contributed by atoms with van der Waals surface area (Å²) in [5.41, 5.74) is 2.01. The molecule has 0 amide bonds. The molecule has 1 atom stereocenters. The number of fused-ring (bicyclic) bond motifs is 2. The van der Waals surface area contributed by atoms with Gasteiger partial charge in [0.2, 0.25) is 0 Å². The van der Waals surface area contributed by atoms with Crippen LogP contribution in [0.3, 0.4) is 0 Å². The van der Waals surface area contributed by atoms with Gasteiger partial charge in [0.1, 0.15) is 0 Å². The molecule has 0 bridgehead atoms. The zero-order valence-electron chi connectivity index (χ0n) is 7.51. The summed E-state index contributed by atoms with van der Waals surface area (Å²) < 4.78 is 0. The normalized spacial score (nSPS) is 22.5. The van der Waals surface area contributed by atoms with Crippen LogP contribution in [0.25, 0.3) is 11.6 Å². The van der Waals surface area contributed by atoms with E-state index in [-0.39, 0.29) is 0 Å². The number of nitrogens with zero attached hydrogens (tertiary/aromatic N) is 1. The molecular formula is C12H9NO. The van der Waals surface area contributed by atoms with Crippen molar-refractivity contribution in [3.8, 4) is 0 Å². The van der Waals surface area contributed by atoms with Crippen LogP contribution in [0, 0.1) is 0 Å². The molecule has 1 aliphatic heterocycles. The van der Waals surface area contributed by atoms with Gasteiger partial charge in [0.25, 0.3) is 0 Å². The number of aliphatic hydroxyl groups excluding tert-OH is 1. The van der Waals surface area contributed by atoms with E-state index in [1.54, 1.807) is 6.21 Å². The summed E-state index contributed by atoms with van der Waals surface area (Å²) in [5, 5.41) is 12.0. The van der Waals surface area contributed by atoms with Gasteiger partial charge < -0.3 is 5.11 Å². The molecule has 0 saturated carbocycles. The van der Waals surface area contributed by atoms with Gasteiger partial charge in [-0.1, -0.05) is 24.3 Å². The van der Waals surface area contributed by atoms with Crippen LogP contribution in [0.2, 0.25) is 0 Å². The second-order valence-electron chi connectivity index (χ2n) is 3.44. The van der Waals surface area contributed by atoms with Crippen molar-refractivity contribution < 1.29 is 5.11 Å². The average molecular weight is 183 g/mol. The van der Waals surface area contributed by atoms with Crippen molar-refractivity contribution in [2.24, 2.45) is 4.99 Å². The van der Waals surface area contributed by atoms with Gasteiger partial charge in [0.15, 0.2) is 6.23 Å². The average Bonchev–Trinajstić information content (AvgIpc) is 2.57. The summed E-state index contributed by atoms with van der Waals surface area (Å²) in [6.45, 7) is 0. The molecule has 0 spiro atoms. The molecule has 68 valence electrons. The number of hydrogen-bond acceptors (Lipinski definition) is 2. The molecule has 1 aliphatic carbocycles. The molecular weight excluding hydrogens is 174 g/mol. The molecule has 1 unspecified atom stereocenters. The van der Waals surface area contributed by atoms with Gasteiger partial charge in [-0.15, -0.1) is 0 Å². The SMILES string of the molecule is OC1N=CC=C2C=c3ccccc3=C21. The summed E-state index contributed by atoms with van der Waals surface area (Å²) >= 11 is 0. The van der Waals surface area contributed by atoms with Crippen LogP contribution >= 0.6 is 0 Å². The number of aliphatic imine (C=N–C) groups is 1. The predicted molar refractivity (Wildman–Crippen MR) is 56.1 cm³/mol. The van der Waals surface area contributed by atoms with Crippen molar-refractivity contribution in [2.75, 3.05) is 0 Å². The molecule has 1 aromatic rings. The molecule has 2 nitrogen and oxygen atoms in total. The number of aliphatic hydroxyl groups is 1. The Kier molecular flexibility index (Phi) is 1.46. The first-order valence-corrected chi connectivity index (χ1v) is 4.59.